The fraction of sp³-hybridized carbons (Fsp3) is 0.586. The van der Waals surface area contributed by atoms with E-state index in [9.17, 15) is 82.2 Å². The van der Waals surface area contributed by atoms with Gasteiger partial charge in [-0.05, 0) is 131 Å². The first-order valence-electron chi connectivity index (χ1n) is 42.2. The van der Waals surface area contributed by atoms with Gasteiger partial charge in [-0.1, -0.05) is 6.92 Å². The molecule has 17 N–H and O–H groups in total. The molecule has 0 bridgehead atoms. The summed E-state index contributed by atoms with van der Waals surface area (Å²) in [5.74, 6) is -0.135. The Morgan fingerprint density at radius 3 is 0.950 bits per heavy atom. The number of imidazole rings is 1. The monoisotopic (exact) mass is 2250 g/mol. The fourth-order valence-corrected chi connectivity index (χ4v) is 26.1. The molecular weight excluding hydrogens is 2160 g/mol. The van der Waals surface area contributed by atoms with Crippen LogP contribution in [-0.4, -0.2) is 230 Å². The Kier molecular flexibility index (Phi) is 33.7. The number of nitrogens with one attached hydrogen (secondary N) is 4. The number of H-pyrrole nitrogens is 4. The normalized spacial score (nSPS) is 30.0. The zero-order valence-corrected chi connectivity index (χ0v) is 86.6. The lowest BCUT2D eigenvalue weighted by atomic mass is 10.1. The molecule has 7 fully saturated rings. The fourth-order valence-electron chi connectivity index (χ4n) is 16.0. The van der Waals surface area contributed by atoms with Crippen molar-refractivity contribution in [2.45, 2.75) is 229 Å². The third kappa shape index (κ3) is 26.1. The minimum Gasteiger partial charge on any atom is -0.383 e. The minimum atomic E-state index is -5.03. The van der Waals surface area contributed by atoms with Crippen molar-refractivity contribution in [3.8, 4) is 0 Å². The predicted octanol–water partition coefficient (Wildman–Crippen LogP) is 0.436. The zero-order chi connectivity index (χ0) is 102. The summed E-state index contributed by atoms with van der Waals surface area (Å²) < 4.78 is 135. The van der Waals surface area contributed by atoms with E-state index in [1.54, 1.807) is 20.8 Å². The number of aromatic amines is 4. The molecule has 7 aliphatic rings. The summed E-state index contributed by atoms with van der Waals surface area (Å²) in [6.07, 6.45) is -22.5. The van der Waals surface area contributed by atoms with Crippen molar-refractivity contribution >= 4 is 158 Å². The molecule has 0 saturated carbocycles. The summed E-state index contributed by atoms with van der Waals surface area (Å²) in [6, 6.07) is 0. The highest BCUT2D eigenvalue weighted by Gasteiger charge is 2.53. The van der Waals surface area contributed by atoms with Crippen LogP contribution >= 0.6 is 47.0 Å². The number of hydrogen-bond donors (Lipinski definition) is 14. The number of ether oxygens (including phenoxy) is 7. The average molecular weight is 2250 g/mol. The van der Waals surface area contributed by atoms with Crippen molar-refractivity contribution in [2.24, 2.45) is 0 Å². The second kappa shape index (κ2) is 43.6. The molecule has 57 nitrogen and oxygen atoms in total. The van der Waals surface area contributed by atoms with E-state index in [2.05, 4.69) is 44.9 Å². The third-order valence-corrected chi connectivity index (χ3v) is 34.2. The number of nitrogens with two attached hydrogens (primary N) is 3. The second-order valence-corrected chi connectivity index (χ2v) is 52.5. The van der Waals surface area contributed by atoms with Crippen molar-refractivity contribution in [1.82, 2.24) is 76.8 Å². The van der Waals surface area contributed by atoms with Crippen molar-refractivity contribution in [3.63, 3.8) is 0 Å². The first-order valence-corrected chi connectivity index (χ1v) is 60.3. The molecule has 0 spiro atoms. The number of aryl methyl sites for hydroxylation is 6. The van der Waals surface area contributed by atoms with Gasteiger partial charge in [0.15, 0.2) is 24.0 Å². The van der Waals surface area contributed by atoms with Gasteiger partial charge >= 0.3 is 81.2 Å². The van der Waals surface area contributed by atoms with Gasteiger partial charge in [0.1, 0.15) is 104 Å². The Morgan fingerprint density at radius 1 is 0.348 bits per heavy atom. The lowest BCUT2D eigenvalue weighted by Gasteiger charge is -2.30. The number of hydrogen-bond acceptors (Lipinski definition) is 46. The number of anilines is 3. The van der Waals surface area contributed by atoms with E-state index in [-0.39, 0.29) is 70.1 Å². The maximum atomic E-state index is 13.7. The molecule has 28 atom stereocenters. The Hall–Kier alpha value is -6.14. The molecule has 15 rings (SSSR count). The average Bonchev–Trinajstić information content (AvgIpc) is 1.62. The van der Waals surface area contributed by atoms with Crippen LogP contribution in [0.1, 0.15) is 135 Å². The number of fused-ring (bicyclic) bond motifs is 1. The number of nitrogens with zero attached hydrogens (tertiary/aromatic N) is 12. The van der Waals surface area contributed by atoms with Gasteiger partial charge in [0, 0.05) is 123 Å². The van der Waals surface area contributed by atoms with E-state index in [1.165, 1.54) is 61.7 Å². The van der Waals surface area contributed by atoms with Crippen LogP contribution in [0, 0.1) is 41.5 Å². The smallest absolute Gasteiger partial charge is 0.351 e. The third-order valence-electron chi connectivity index (χ3n) is 23.0. The van der Waals surface area contributed by atoms with Crippen LogP contribution in [0.2, 0.25) is 0 Å². The molecule has 7 saturated heterocycles. The molecular formula is C70H94N19O38P7S7. The van der Waals surface area contributed by atoms with Gasteiger partial charge in [0.2, 0.25) is 0 Å². The second-order valence-electron chi connectivity index (χ2n) is 33.0. The molecule has 0 radical (unpaired) electrons. The molecule has 15 heterocycles. The minimum absolute atomic E-state index is 0.000372. The highest BCUT2D eigenvalue weighted by molar-refractivity contribution is 8.09. The Labute approximate surface area is 828 Å². The van der Waals surface area contributed by atoms with Crippen LogP contribution in [0.4, 0.5) is 17.5 Å². The van der Waals surface area contributed by atoms with Crippen molar-refractivity contribution in [3.05, 3.63) is 188 Å². The maximum Gasteiger partial charge on any atom is 0.351 e. The van der Waals surface area contributed by atoms with Gasteiger partial charge in [-0.2, -0.15) is 9.97 Å². The first kappa shape index (κ1) is 109. The molecule has 71 heteroatoms. The largest absolute Gasteiger partial charge is 0.383 e. The van der Waals surface area contributed by atoms with Crippen molar-refractivity contribution < 1.29 is 131 Å². The van der Waals surface area contributed by atoms with Gasteiger partial charge < -0.3 is 130 Å². The van der Waals surface area contributed by atoms with E-state index < -0.39 is 285 Å². The molecule has 7 aliphatic heterocycles. The summed E-state index contributed by atoms with van der Waals surface area (Å²) in [5.41, 5.74) is 10.5. The molecule has 8 aromatic heterocycles. The number of aromatic nitrogens is 16. The van der Waals surface area contributed by atoms with E-state index in [4.69, 9.17) is 196 Å². The molecule has 774 valence electrons. The summed E-state index contributed by atoms with van der Waals surface area (Å²) in [6.45, 7) is -25.3. The van der Waals surface area contributed by atoms with Gasteiger partial charge in [-0.3, -0.25) is 89.2 Å². The lowest BCUT2D eigenvalue weighted by Crippen LogP contribution is -2.33. The Balaban J connectivity index is 0.658. The standard InChI is InChI=1S/C70H94N19O38P7S7/c1-9-35-36(10-47(112-35)83-17-29(2)55(71)77-65(83)94)120-129(101,136)108-24-44-38(12-49(114-44)85-19-31(4)59(90)79-67(85)96)121-130(102,137)109-25-45-39(13-50(115-45)86-20-32(5)60(91)80-68(86)97)122-131(103,138)110-26-46-40(14-51(116-46)87-21-33(6)61(92)81-69(87)98)123-133(105,140)126-64-42(16-53(118-64)89-28-76-54-57(73)74-27-75-58(54)89)125-134(106,141)127-63-41(15-52(117-63)88-22-34(7)62(93)82-70(88)99)124-132(104,139)111-23-43-37(119-128(100,135)107-8)11-48(113-43)84-18-30(3)56(72)78-66(84)95/h17-22,27-28,35-53,63-64H,9-16,23-26H2,1-8H3,(H,100,135)(H,101,136)(H,102,137)(H,103,138)(H,104,139)(H,105,140)(H,106,141)(H2,71,77,94)(H2,72,78,95)(H2,73,74,75)(H,79,90,96)(H,80,91,97)(H,81,92,98)(H,82,93,99)/t35-,36-,37-,38-,39-,40-,41-,42-,43-,44-,45-,46-,47-,48-,49-,50-,51-,52-,53-,63-,64-,128?,129?,130?,131?,132?,133?,134?/m1/s1. The maximum absolute atomic E-state index is 13.7. The van der Waals surface area contributed by atoms with E-state index >= 15 is 0 Å². The zero-order valence-electron chi connectivity index (χ0n) is 74.6. The molecule has 141 heavy (non-hydrogen) atoms. The Morgan fingerprint density at radius 2 is 0.617 bits per heavy atom. The molecule has 0 aliphatic carbocycles. The van der Waals surface area contributed by atoms with Crippen LogP contribution in [0.3, 0.4) is 0 Å². The van der Waals surface area contributed by atoms with Crippen molar-refractivity contribution in [1.29, 1.82) is 0 Å². The van der Waals surface area contributed by atoms with Crippen LogP contribution < -0.4 is 73.6 Å². The summed E-state index contributed by atoms with van der Waals surface area (Å²) in [7, 11) is 1.09. The highest BCUT2D eigenvalue weighted by Crippen LogP contribution is 2.60. The molecule has 7 unspecified atom stereocenters. The van der Waals surface area contributed by atoms with Gasteiger partial charge in [-0.25, -0.2) is 43.7 Å². The van der Waals surface area contributed by atoms with Crippen LogP contribution in [-0.2, 0) is 179 Å². The summed E-state index contributed by atoms with van der Waals surface area (Å²) in [4.78, 5) is 244. The highest BCUT2D eigenvalue weighted by atomic mass is 32.5. The molecule has 0 aromatic carbocycles. The summed E-state index contributed by atoms with van der Waals surface area (Å²) >= 11 is 38.8. The molecule has 0 amide bonds. The number of nitrogen functional groups attached to an aromatic ring is 3. The predicted molar refractivity (Wildman–Crippen MR) is 512 cm³/mol. The molecule has 8 aromatic rings. The Bertz CT molecular complexity index is 7140. The van der Waals surface area contributed by atoms with Crippen LogP contribution in [0.25, 0.3) is 11.2 Å². The van der Waals surface area contributed by atoms with Crippen LogP contribution in [0.15, 0.2) is 97.8 Å². The van der Waals surface area contributed by atoms with Crippen molar-refractivity contribution in [2.75, 3.05) is 50.7 Å². The van der Waals surface area contributed by atoms with E-state index in [0.717, 1.165) is 54.9 Å². The topological polar surface area (TPSA) is 746 Å². The van der Waals surface area contributed by atoms with Gasteiger partial charge in [0.25, 0.3) is 22.2 Å². The van der Waals surface area contributed by atoms with Gasteiger partial charge in [0.05, 0.1) is 69.4 Å². The summed E-state index contributed by atoms with van der Waals surface area (Å²) in [5, 5.41) is 0. The number of rotatable bonds is 39. The SMILES string of the molecule is CC[C@H]1O[C@@H](n2cc(C)c(N)nc2=O)C[C@H]1OP(O)(=S)OC[C@H]1O[C@@H](n2cc(C)c(=O)[nH]c2=O)C[C@H]1OP(O)(=S)OC[C@H]1O[C@@H](n2cc(C)c(=O)[nH]c2=O)C[C@H]1OP(O)(=S)OC[C@H]1O[C@@H](n2cc(C)c(=O)[nH]c2=O)C[C@H]1OP(O)(=S)O[C@H]1O[C@@H](n2cnc3c(N)ncnc32)C[C@H]1OP(O)(=S)O[C@H]1O[C@@H](n2cc(C)c(=O)[nH]c2=O)C[C@H]1OP(O)(=S)OC[C@H]1O[C@@H](n2cc(C)c(N)nc2=O)C[C@H]1OP(O)(=S)OC. The first-order chi connectivity index (χ1) is 66.1. The van der Waals surface area contributed by atoms with Gasteiger partial charge in [-0.15, -0.1) is 0 Å². The lowest BCUT2D eigenvalue weighted by molar-refractivity contribution is -0.145. The van der Waals surface area contributed by atoms with E-state index in [1.807, 2.05) is 0 Å². The van der Waals surface area contributed by atoms with Crippen LogP contribution in [0.5, 0.6) is 0 Å². The van der Waals surface area contributed by atoms with E-state index in [0.29, 0.717) is 17.5 Å². The quantitative estimate of drug-likeness (QED) is 0.0232.